The maximum absolute atomic E-state index is 13.0. The van der Waals surface area contributed by atoms with Crippen molar-refractivity contribution < 1.29 is 9.53 Å². The van der Waals surface area contributed by atoms with Gasteiger partial charge in [0.25, 0.3) is 0 Å². The summed E-state index contributed by atoms with van der Waals surface area (Å²) in [6.07, 6.45) is 4.33. The Morgan fingerprint density at radius 2 is 2.14 bits per heavy atom. The molecule has 28 heavy (non-hydrogen) atoms. The van der Waals surface area contributed by atoms with Gasteiger partial charge in [0.1, 0.15) is 10.8 Å². The number of hydrogen-bond acceptors (Lipinski definition) is 4. The van der Waals surface area contributed by atoms with E-state index >= 15 is 0 Å². The predicted molar refractivity (Wildman–Crippen MR) is 114 cm³/mol. The summed E-state index contributed by atoms with van der Waals surface area (Å²) < 4.78 is 6.38. The van der Waals surface area contributed by atoms with Gasteiger partial charge < -0.3 is 9.64 Å². The summed E-state index contributed by atoms with van der Waals surface area (Å²) in [7, 11) is 1.60. The van der Waals surface area contributed by atoms with E-state index in [9.17, 15) is 4.79 Å². The lowest BCUT2D eigenvalue weighted by atomic mass is 10.0. The number of carbonyl (C=O) groups excluding carboxylic acids is 1. The van der Waals surface area contributed by atoms with E-state index in [4.69, 9.17) is 21.3 Å². The van der Waals surface area contributed by atoms with Gasteiger partial charge in [-0.2, -0.15) is 0 Å². The Hall–Kier alpha value is -2.11. The van der Waals surface area contributed by atoms with Crippen molar-refractivity contribution >= 4 is 39.1 Å². The Morgan fingerprint density at radius 1 is 1.29 bits per heavy atom. The van der Waals surface area contributed by atoms with Crippen LogP contribution in [-0.2, 0) is 11.2 Å². The van der Waals surface area contributed by atoms with Crippen LogP contribution in [0.3, 0.4) is 0 Å². The van der Waals surface area contributed by atoms with Crippen LogP contribution in [0.1, 0.15) is 42.3 Å². The fourth-order valence-electron chi connectivity index (χ4n) is 3.78. The first-order valence-corrected chi connectivity index (χ1v) is 10.8. The molecule has 1 aromatic heterocycles. The number of halogens is 1. The number of fused-ring (bicyclic) bond motifs is 1. The van der Waals surface area contributed by atoms with Crippen molar-refractivity contribution in [3.05, 3.63) is 58.1 Å². The minimum absolute atomic E-state index is 0.0955. The Kier molecular flexibility index (Phi) is 5.83. The number of benzene rings is 2. The summed E-state index contributed by atoms with van der Waals surface area (Å²) in [6.45, 7) is 0.808. The molecule has 1 amide bonds. The van der Waals surface area contributed by atoms with Crippen LogP contribution < -0.4 is 4.74 Å². The number of rotatable bonds is 5. The third-order valence-electron chi connectivity index (χ3n) is 5.26. The normalized spacial score (nSPS) is 17.1. The molecule has 0 saturated carbocycles. The maximum Gasteiger partial charge on any atom is 0.223 e. The highest BCUT2D eigenvalue weighted by Crippen LogP contribution is 2.36. The molecule has 0 bridgehead atoms. The van der Waals surface area contributed by atoms with Crippen molar-refractivity contribution in [1.29, 1.82) is 0 Å². The van der Waals surface area contributed by atoms with Crippen LogP contribution in [0.2, 0.25) is 5.02 Å². The van der Waals surface area contributed by atoms with Crippen molar-refractivity contribution in [3.63, 3.8) is 0 Å². The van der Waals surface area contributed by atoms with Crippen LogP contribution in [0.4, 0.5) is 0 Å². The number of hydrogen-bond donors (Lipinski definition) is 0. The molecular formula is C22H23ClN2O2S. The van der Waals surface area contributed by atoms with E-state index in [1.165, 1.54) is 4.70 Å². The number of thiazole rings is 1. The fraction of sp³-hybridized carbons (Fsp3) is 0.364. The summed E-state index contributed by atoms with van der Waals surface area (Å²) in [5.41, 5.74) is 2.07. The molecule has 0 spiro atoms. The standard InChI is InChI=1S/C22H23ClN2O2S/c1-27-19-11-9-15(14-16(19)23)10-12-21(26)25-13-5-4-7-18(25)22-24-17-6-2-3-8-20(17)28-22/h2-3,6,8-9,11,14,18H,4-5,7,10,12-13H2,1H3. The monoisotopic (exact) mass is 414 g/mol. The molecule has 0 radical (unpaired) electrons. The molecule has 2 aromatic carbocycles. The second-order valence-electron chi connectivity index (χ2n) is 7.09. The minimum Gasteiger partial charge on any atom is -0.495 e. The first-order chi connectivity index (χ1) is 13.7. The highest BCUT2D eigenvalue weighted by Gasteiger charge is 2.30. The Labute approximate surface area is 174 Å². The molecule has 6 heteroatoms. The maximum atomic E-state index is 13.0. The number of aromatic nitrogens is 1. The zero-order valence-electron chi connectivity index (χ0n) is 15.9. The van der Waals surface area contributed by atoms with Crippen molar-refractivity contribution in [2.24, 2.45) is 0 Å². The van der Waals surface area contributed by atoms with E-state index in [0.717, 1.165) is 41.9 Å². The molecule has 1 aliphatic heterocycles. The third-order valence-corrected chi connectivity index (χ3v) is 6.70. The van der Waals surface area contributed by atoms with E-state index in [0.29, 0.717) is 23.6 Å². The molecule has 1 unspecified atom stereocenters. The Bertz CT molecular complexity index is 955. The number of nitrogens with zero attached hydrogens (tertiary/aromatic N) is 2. The van der Waals surface area contributed by atoms with E-state index in [2.05, 4.69) is 6.07 Å². The molecule has 1 aliphatic rings. The van der Waals surface area contributed by atoms with E-state index in [-0.39, 0.29) is 11.9 Å². The van der Waals surface area contributed by atoms with Gasteiger partial charge in [-0.15, -0.1) is 11.3 Å². The van der Waals surface area contributed by atoms with Gasteiger partial charge in [0, 0.05) is 13.0 Å². The molecule has 1 atom stereocenters. The second kappa shape index (κ2) is 8.50. The van der Waals surface area contributed by atoms with Gasteiger partial charge in [0.15, 0.2) is 0 Å². The highest BCUT2D eigenvalue weighted by atomic mass is 35.5. The lowest BCUT2D eigenvalue weighted by Crippen LogP contribution is -2.38. The van der Waals surface area contributed by atoms with Crippen molar-refractivity contribution in [2.45, 2.75) is 38.1 Å². The van der Waals surface area contributed by atoms with Gasteiger partial charge in [-0.25, -0.2) is 4.98 Å². The Morgan fingerprint density at radius 3 is 2.93 bits per heavy atom. The summed E-state index contributed by atoms with van der Waals surface area (Å²) in [4.78, 5) is 19.9. The number of methoxy groups -OCH3 is 1. The Balaban J connectivity index is 1.47. The lowest BCUT2D eigenvalue weighted by Gasteiger charge is -2.34. The second-order valence-corrected chi connectivity index (χ2v) is 8.56. The van der Waals surface area contributed by atoms with Crippen LogP contribution >= 0.6 is 22.9 Å². The number of likely N-dealkylation sites (tertiary alicyclic amines) is 1. The number of aryl methyl sites for hydroxylation is 1. The van der Waals surface area contributed by atoms with Crippen molar-refractivity contribution in [2.75, 3.05) is 13.7 Å². The molecule has 2 heterocycles. The molecule has 146 valence electrons. The smallest absolute Gasteiger partial charge is 0.223 e. The average molecular weight is 415 g/mol. The fourth-order valence-corrected chi connectivity index (χ4v) is 5.18. The van der Waals surface area contributed by atoms with E-state index in [1.54, 1.807) is 18.4 Å². The molecule has 0 N–H and O–H groups in total. The molecule has 1 fully saturated rings. The molecule has 4 rings (SSSR count). The van der Waals surface area contributed by atoms with Crippen molar-refractivity contribution in [3.8, 4) is 5.75 Å². The predicted octanol–water partition coefficient (Wildman–Crippen LogP) is 5.64. The third kappa shape index (κ3) is 4.01. The van der Waals surface area contributed by atoms with Gasteiger partial charge >= 0.3 is 0 Å². The zero-order chi connectivity index (χ0) is 19.5. The van der Waals surface area contributed by atoms with E-state index in [1.807, 2.05) is 41.3 Å². The summed E-state index contributed by atoms with van der Waals surface area (Å²) in [6, 6.07) is 14.0. The van der Waals surface area contributed by atoms with Crippen LogP contribution in [0.5, 0.6) is 5.75 Å². The zero-order valence-corrected chi connectivity index (χ0v) is 17.4. The molecule has 0 aliphatic carbocycles. The van der Waals surface area contributed by atoms with Crippen LogP contribution in [0.15, 0.2) is 42.5 Å². The largest absolute Gasteiger partial charge is 0.495 e. The van der Waals surface area contributed by atoms with Crippen molar-refractivity contribution in [1.82, 2.24) is 9.88 Å². The first kappa shape index (κ1) is 19.2. The van der Waals surface area contributed by atoms with Gasteiger partial charge in [-0.05, 0) is 55.5 Å². The lowest BCUT2D eigenvalue weighted by molar-refractivity contribution is -0.135. The number of piperidine rings is 1. The van der Waals surface area contributed by atoms with Crippen LogP contribution in [0, 0.1) is 0 Å². The molecule has 3 aromatic rings. The van der Waals surface area contributed by atoms with Gasteiger partial charge in [-0.1, -0.05) is 29.8 Å². The SMILES string of the molecule is COc1ccc(CCC(=O)N2CCCCC2c2nc3ccccc3s2)cc1Cl. The average Bonchev–Trinajstić information content (AvgIpc) is 3.16. The molecule has 4 nitrogen and oxygen atoms in total. The topological polar surface area (TPSA) is 42.4 Å². The summed E-state index contributed by atoms with van der Waals surface area (Å²) in [5.74, 6) is 0.847. The molecule has 1 saturated heterocycles. The van der Waals surface area contributed by atoms with Crippen LogP contribution in [-0.4, -0.2) is 29.4 Å². The first-order valence-electron chi connectivity index (χ1n) is 9.63. The van der Waals surface area contributed by atoms with Gasteiger partial charge in [-0.3, -0.25) is 4.79 Å². The van der Waals surface area contributed by atoms with Crippen LogP contribution in [0.25, 0.3) is 10.2 Å². The van der Waals surface area contributed by atoms with E-state index < -0.39 is 0 Å². The van der Waals surface area contributed by atoms with Gasteiger partial charge in [0.05, 0.1) is 28.4 Å². The van der Waals surface area contributed by atoms with Gasteiger partial charge in [0.2, 0.25) is 5.91 Å². The molecular weight excluding hydrogens is 392 g/mol. The quantitative estimate of drug-likeness (QED) is 0.542. The summed E-state index contributed by atoms with van der Waals surface area (Å²) >= 11 is 7.92. The minimum atomic E-state index is 0.0955. The number of carbonyl (C=O) groups is 1. The number of ether oxygens (including phenoxy) is 1. The number of para-hydroxylation sites is 1. The number of amides is 1. The summed E-state index contributed by atoms with van der Waals surface area (Å²) in [5, 5.41) is 1.64. The highest BCUT2D eigenvalue weighted by molar-refractivity contribution is 7.18.